The van der Waals surface area contributed by atoms with Crippen LogP contribution < -0.4 is 20.5 Å². The molecule has 20 heavy (non-hydrogen) atoms. The fraction of sp³-hybridized carbons (Fsp3) is 0.267. The molecule has 0 radical (unpaired) electrons. The molecule has 0 atom stereocenters. The van der Waals surface area contributed by atoms with Gasteiger partial charge in [0.2, 0.25) is 0 Å². The third-order valence-electron chi connectivity index (χ3n) is 3.06. The molecule has 1 aliphatic rings. The number of anilines is 3. The van der Waals surface area contributed by atoms with Crippen molar-refractivity contribution in [1.29, 1.82) is 0 Å². The normalized spacial score (nSPS) is 13.7. The smallest absolute Gasteiger partial charge is 0.163 e. The topological polar surface area (TPSA) is 69.4 Å². The minimum atomic E-state index is 0.622. The number of hydrogen-bond acceptors (Lipinski definition) is 5. The minimum Gasteiger partial charge on any atom is -0.490 e. The Morgan fingerprint density at radius 3 is 2.75 bits per heavy atom. The van der Waals surface area contributed by atoms with Crippen molar-refractivity contribution in [2.45, 2.75) is 13.3 Å². The van der Waals surface area contributed by atoms with Gasteiger partial charge in [-0.25, -0.2) is 4.98 Å². The SMILES string of the molecule is Cc1cnc(Nc2ccc3c(c2)OCCCO3)c(N)c1. The van der Waals surface area contributed by atoms with Crippen molar-refractivity contribution in [2.24, 2.45) is 0 Å². The number of nitrogens with zero attached hydrogens (tertiary/aromatic N) is 1. The molecule has 104 valence electrons. The van der Waals surface area contributed by atoms with E-state index >= 15 is 0 Å². The first kappa shape index (κ1) is 12.6. The highest BCUT2D eigenvalue weighted by atomic mass is 16.5. The van der Waals surface area contributed by atoms with Crippen LogP contribution in [0.5, 0.6) is 11.5 Å². The van der Waals surface area contributed by atoms with Gasteiger partial charge in [0.1, 0.15) is 0 Å². The molecule has 0 saturated carbocycles. The molecular formula is C15H17N3O2. The van der Waals surface area contributed by atoms with E-state index in [4.69, 9.17) is 15.2 Å². The van der Waals surface area contributed by atoms with E-state index in [9.17, 15) is 0 Å². The third-order valence-corrected chi connectivity index (χ3v) is 3.06. The summed E-state index contributed by atoms with van der Waals surface area (Å²) in [5.41, 5.74) is 8.48. The van der Waals surface area contributed by atoms with E-state index in [2.05, 4.69) is 10.3 Å². The molecule has 0 unspecified atom stereocenters. The van der Waals surface area contributed by atoms with Crippen LogP contribution in [0.15, 0.2) is 30.5 Å². The number of aromatic nitrogens is 1. The summed E-state index contributed by atoms with van der Waals surface area (Å²) < 4.78 is 11.3. The van der Waals surface area contributed by atoms with Crippen molar-refractivity contribution in [1.82, 2.24) is 4.98 Å². The third kappa shape index (κ3) is 2.61. The van der Waals surface area contributed by atoms with Crippen molar-refractivity contribution >= 4 is 17.2 Å². The predicted octanol–water partition coefficient (Wildman–Crippen LogP) is 2.88. The Morgan fingerprint density at radius 2 is 1.95 bits per heavy atom. The van der Waals surface area contributed by atoms with Crippen LogP contribution in [0.3, 0.4) is 0 Å². The highest BCUT2D eigenvalue weighted by Gasteiger charge is 2.11. The van der Waals surface area contributed by atoms with E-state index < -0.39 is 0 Å². The van der Waals surface area contributed by atoms with Crippen LogP contribution >= 0.6 is 0 Å². The Bertz CT molecular complexity index is 629. The molecule has 3 N–H and O–H groups in total. The average molecular weight is 271 g/mol. The number of hydrogen-bond donors (Lipinski definition) is 2. The summed E-state index contributed by atoms with van der Waals surface area (Å²) in [5.74, 6) is 2.17. The van der Waals surface area contributed by atoms with Gasteiger partial charge in [0.15, 0.2) is 17.3 Å². The van der Waals surface area contributed by atoms with Crippen molar-refractivity contribution < 1.29 is 9.47 Å². The fourth-order valence-electron chi connectivity index (χ4n) is 2.07. The fourth-order valence-corrected chi connectivity index (χ4v) is 2.07. The molecule has 0 aliphatic carbocycles. The first-order valence-electron chi connectivity index (χ1n) is 6.61. The summed E-state index contributed by atoms with van der Waals surface area (Å²) in [7, 11) is 0. The molecule has 0 saturated heterocycles. The monoisotopic (exact) mass is 271 g/mol. The lowest BCUT2D eigenvalue weighted by Gasteiger charge is -2.12. The number of pyridine rings is 1. The van der Waals surface area contributed by atoms with Gasteiger partial charge in [0.05, 0.1) is 18.9 Å². The zero-order valence-corrected chi connectivity index (χ0v) is 11.3. The number of rotatable bonds is 2. The number of benzene rings is 1. The van der Waals surface area contributed by atoms with Gasteiger partial charge < -0.3 is 20.5 Å². The van der Waals surface area contributed by atoms with E-state index in [-0.39, 0.29) is 0 Å². The molecule has 1 aliphatic heterocycles. The molecule has 5 nitrogen and oxygen atoms in total. The Morgan fingerprint density at radius 1 is 1.15 bits per heavy atom. The van der Waals surface area contributed by atoms with Crippen LogP contribution in [-0.2, 0) is 0 Å². The van der Waals surface area contributed by atoms with Gasteiger partial charge in [-0.3, -0.25) is 0 Å². The van der Waals surface area contributed by atoms with Crippen LogP contribution in [-0.4, -0.2) is 18.2 Å². The van der Waals surface area contributed by atoms with Crippen molar-refractivity contribution in [3.63, 3.8) is 0 Å². The van der Waals surface area contributed by atoms with E-state index in [0.717, 1.165) is 29.2 Å². The van der Waals surface area contributed by atoms with Gasteiger partial charge in [-0.1, -0.05) is 0 Å². The number of aryl methyl sites for hydroxylation is 1. The number of nitrogens with one attached hydrogen (secondary N) is 1. The maximum absolute atomic E-state index is 5.95. The minimum absolute atomic E-state index is 0.622. The van der Waals surface area contributed by atoms with Gasteiger partial charge in [-0.05, 0) is 30.7 Å². The van der Waals surface area contributed by atoms with Crippen LogP contribution in [0.1, 0.15) is 12.0 Å². The summed E-state index contributed by atoms with van der Waals surface area (Å²) in [6.45, 7) is 3.31. The molecule has 0 amide bonds. The first-order chi connectivity index (χ1) is 9.72. The maximum Gasteiger partial charge on any atom is 0.163 e. The molecule has 2 heterocycles. The Kier molecular flexibility index (Phi) is 3.33. The van der Waals surface area contributed by atoms with Crippen molar-refractivity contribution in [2.75, 3.05) is 24.3 Å². The second kappa shape index (κ2) is 5.28. The zero-order valence-electron chi connectivity index (χ0n) is 11.3. The summed E-state index contributed by atoms with van der Waals surface area (Å²) in [6, 6.07) is 7.61. The predicted molar refractivity (Wildman–Crippen MR) is 78.7 cm³/mol. The highest BCUT2D eigenvalue weighted by Crippen LogP contribution is 2.33. The quantitative estimate of drug-likeness (QED) is 0.879. The molecule has 3 rings (SSSR count). The lowest BCUT2D eigenvalue weighted by molar-refractivity contribution is 0.297. The van der Waals surface area contributed by atoms with Crippen molar-refractivity contribution in [3.8, 4) is 11.5 Å². The van der Waals surface area contributed by atoms with Gasteiger partial charge in [-0.2, -0.15) is 0 Å². The Labute approximate surface area is 117 Å². The Hall–Kier alpha value is -2.43. The summed E-state index contributed by atoms with van der Waals surface area (Å²) in [6.07, 6.45) is 2.67. The van der Waals surface area contributed by atoms with E-state index in [1.807, 2.05) is 31.2 Å². The molecular weight excluding hydrogens is 254 g/mol. The molecule has 1 aromatic heterocycles. The molecule has 0 fully saturated rings. The Balaban J connectivity index is 1.86. The van der Waals surface area contributed by atoms with E-state index in [1.165, 1.54) is 0 Å². The van der Waals surface area contributed by atoms with Crippen LogP contribution in [0.2, 0.25) is 0 Å². The van der Waals surface area contributed by atoms with Crippen LogP contribution in [0.4, 0.5) is 17.2 Å². The molecule has 0 spiro atoms. The molecule has 2 aromatic rings. The lowest BCUT2D eigenvalue weighted by Crippen LogP contribution is -2.00. The van der Waals surface area contributed by atoms with Crippen LogP contribution in [0.25, 0.3) is 0 Å². The highest BCUT2D eigenvalue weighted by molar-refractivity contribution is 5.70. The number of nitrogens with two attached hydrogens (primary N) is 1. The van der Waals surface area contributed by atoms with Gasteiger partial charge >= 0.3 is 0 Å². The van der Waals surface area contributed by atoms with Gasteiger partial charge in [-0.15, -0.1) is 0 Å². The van der Waals surface area contributed by atoms with E-state index in [1.54, 1.807) is 6.20 Å². The number of fused-ring (bicyclic) bond motifs is 1. The van der Waals surface area contributed by atoms with Crippen LogP contribution in [0, 0.1) is 6.92 Å². The summed E-state index contributed by atoms with van der Waals surface area (Å²) >= 11 is 0. The summed E-state index contributed by atoms with van der Waals surface area (Å²) in [5, 5.41) is 3.20. The number of ether oxygens (including phenoxy) is 2. The van der Waals surface area contributed by atoms with E-state index in [0.29, 0.717) is 24.7 Å². The standard InChI is InChI=1S/C15H17N3O2/c1-10-7-12(16)15(17-9-10)18-11-3-4-13-14(8-11)20-6-2-5-19-13/h3-4,7-9H,2,5-6,16H2,1H3,(H,17,18). The molecule has 1 aromatic carbocycles. The lowest BCUT2D eigenvalue weighted by atomic mass is 10.2. The largest absolute Gasteiger partial charge is 0.490 e. The zero-order chi connectivity index (χ0) is 13.9. The molecule has 5 heteroatoms. The number of nitrogen functional groups attached to an aromatic ring is 1. The van der Waals surface area contributed by atoms with Gasteiger partial charge in [0, 0.05) is 24.4 Å². The second-order valence-electron chi connectivity index (χ2n) is 4.79. The first-order valence-corrected chi connectivity index (χ1v) is 6.61. The molecule has 0 bridgehead atoms. The average Bonchev–Trinajstić information content (AvgIpc) is 2.66. The van der Waals surface area contributed by atoms with Crippen molar-refractivity contribution in [3.05, 3.63) is 36.0 Å². The summed E-state index contributed by atoms with van der Waals surface area (Å²) in [4.78, 5) is 4.30. The maximum atomic E-state index is 5.95. The second-order valence-corrected chi connectivity index (χ2v) is 4.79. The van der Waals surface area contributed by atoms with Gasteiger partial charge in [0.25, 0.3) is 0 Å².